The Hall–Kier alpha value is -3.35. The van der Waals surface area contributed by atoms with Gasteiger partial charge in [-0.25, -0.2) is 18.4 Å². The van der Waals surface area contributed by atoms with Crippen molar-refractivity contribution in [1.82, 2.24) is 19.7 Å². The molecule has 188 valence electrons. The molecular weight excluding hydrogens is 489 g/mol. The van der Waals surface area contributed by atoms with Crippen LogP contribution in [0.3, 0.4) is 0 Å². The molecule has 4 heterocycles. The summed E-state index contributed by atoms with van der Waals surface area (Å²) in [6.07, 6.45) is -1.02. The molecular formula is C22H23F3N4O5S. The molecule has 3 aromatic heterocycles. The van der Waals surface area contributed by atoms with Gasteiger partial charge in [0.2, 0.25) is 0 Å². The number of alkyl halides is 3. The van der Waals surface area contributed by atoms with Crippen LogP contribution in [0.4, 0.5) is 13.2 Å². The number of sulfone groups is 1. The van der Waals surface area contributed by atoms with E-state index in [1.165, 1.54) is 24.5 Å². The first-order chi connectivity index (χ1) is 16.3. The first-order valence-electron chi connectivity index (χ1n) is 10.7. The first-order valence-corrected chi connectivity index (χ1v) is 12.5. The lowest BCUT2D eigenvalue weighted by Gasteiger charge is -2.34. The summed E-state index contributed by atoms with van der Waals surface area (Å²) in [6, 6.07) is 5.90. The summed E-state index contributed by atoms with van der Waals surface area (Å²) >= 11 is 0. The SMILES string of the molecule is Cc1c(Oc2ncccc2OCC(F)(F)F)ccc2nc(C(=O)NC3(C)CCS(=O)(=O)CC3)cn12. The number of imidazole rings is 1. The number of nitrogens with zero attached hydrogens (tertiary/aromatic N) is 3. The number of nitrogens with one attached hydrogen (secondary N) is 1. The van der Waals surface area contributed by atoms with Crippen LogP contribution in [0.2, 0.25) is 0 Å². The maximum absolute atomic E-state index is 12.8. The number of carbonyl (C=O) groups excluding carboxylic acids is 1. The number of hydrogen-bond acceptors (Lipinski definition) is 7. The summed E-state index contributed by atoms with van der Waals surface area (Å²) in [7, 11) is -3.08. The summed E-state index contributed by atoms with van der Waals surface area (Å²) < 4.78 is 73.2. The van der Waals surface area contributed by atoms with E-state index in [1.807, 2.05) is 0 Å². The number of halogens is 3. The number of carbonyl (C=O) groups is 1. The third kappa shape index (κ3) is 5.84. The summed E-state index contributed by atoms with van der Waals surface area (Å²) in [4.78, 5) is 21.1. The monoisotopic (exact) mass is 512 g/mol. The van der Waals surface area contributed by atoms with Gasteiger partial charge in [0, 0.05) is 17.9 Å². The minimum Gasteiger partial charge on any atom is -0.478 e. The minimum absolute atomic E-state index is 0.0109. The Morgan fingerprint density at radius 3 is 2.60 bits per heavy atom. The molecule has 0 spiro atoms. The number of fused-ring (bicyclic) bond motifs is 1. The van der Waals surface area contributed by atoms with Gasteiger partial charge in [0.1, 0.15) is 26.9 Å². The molecule has 1 saturated heterocycles. The molecule has 0 aromatic carbocycles. The molecule has 0 bridgehead atoms. The van der Waals surface area contributed by atoms with Gasteiger partial charge in [-0.15, -0.1) is 0 Å². The Morgan fingerprint density at radius 1 is 1.20 bits per heavy atom. The van der Waals surface area contributed by atoms with E-state index in [9.17, 15) is 26.4 Å². The van der Waals surface area contributed by atoms with Gasteiger partial charge < -0.3 is 14.8 Å². The van der Waals surface area contributed by atoms with Crippen molar-refractivity contribution in [3.8, 4) is 17.4 Å². The molecule has 0 unspecified atom stereocenters. The van der Waals surface area contributed by atoms with Gasteiger partial charge in [-0.3, -0.25) is 9.20 Å². The van der Waals surface area contributed by atoms with Gasteiger partial charge in [0.05, 0.1) is 17.2 Å². The van der Waals surface area contributed by atoms with Crippen LogP contribution in [0.15, 0.2) is 36.7 Å². The van der Waals surface area contributed by atoms with Crippen LogP contribution in [0.1, 0.15) is 35.9 Å². The van der Waals surface area contributed by atoms with Crippen LogP contribution >= 0.6 is 0 Å². The Morgan fingerprint density at radius 2 is 1.91 bits per heavy atom. The van der Waals surface area contributed by atoms with E-state index < -0.39 is 34.1 Å². The lowest BCUT2D eigenvalue weighted by atomic mass is 9.95. The lowest BCUT2D eigenvalue weighted by molar-refractivity contribution is -0.153. The maximum atomic E-state index is 12.8. The lowest BCUT2D eigenvalue weighted by Crippen LogP contribution is -2.51. The normalized spacial score (nSPS) is 17.2. The molecule has 1 N–H and O–H groups in total. The number of ether oxygens (including phenoxy) is 2. The molecule has 9 nitrogen and oxygen atoms in total. The van der Waals surface area contributed by atoms with Crippen molar-refractivity contribution >= 4 is 21.4 Å². The van der Waals surface area contributed by atoms with Crippen molar-refractivity contribution < 1.29 is 35.9 Å². The Balaban J connectivity index is 1.54. The van der Waals surface area contributed by atoms with Gasteiger partial charge in [-0.1, -0.05) is 0 Å². The zero-order chi connectivity index (χ0) is 25.4. The minimum atomic E-state index is -4.52. The second-order valence-corrected chi connectivity index (χ2v) is 10.9. The number of rotatable bonds is 6. The molecule has 13 heteroatoms. The molecule has 1 fully saturated rings. The van der Waals surface area contributed by atoms with Gasteiger partial charge in [-0.2, -0.15) is 13.2 Å². The van der Waals surface area contributed by atoms with E-state index in [-0.39, 0.29) is 34.6 Å². The van der Waals surface area contributed by atoms with Crippen molar-refractivity contribution in [2.24, 2.45) is 0 Å². The second-order valence-electron chi connectivity index (χ2n) is 8.62. The average molecular weight is 513 g/mol. The van der Waals surface area contributed by atoms with Crippen molar-refractivity contribution in [2.45, 2.75) is 38.4 Å². The predicted molar refractivity (Wildman–Crippen MR) is 120 cm³/mol. The fourth-order valence-electron chi connectivity index (χ4n) is 3.67. The average Bonchev–Trinajstić information content (AvgIpc) is 3.22. The molecule has 3 aromatic rings. The second kappa shape index (κ2) is 9.02. The van der Waals surface area contributed by atoms with Crippen molar-refractivity contribution in [3.63, 3.8) is 0 Å². The summed E-state index contributed by atoms with van der Waals surface area (Å²) in [6.45, 7) is 2.01. The largest absolute Gasteiger partial charge is 0.478 e. The fourth-order valence-corrected chi connectivity index (χ4v) is 5.39. The Labute approximate surface area is 199 Å². The highest BCUT2D eigenvalue weighted by molar-refractivity contribution is 7.91. The van der Waals surface area contributed by atoms with Gasteiger partial charge >= 0.3 is 6.18 Å². The molecule has 0 atom stereocenters. The van der Waals surface area contributed by atoms with Gasteiger partial charge in [0.25, 0.3) is 11.8 Å². The molecule has 4 rings (SSSR count). The van der Waals surface area contributed by atoms with Crippen molar-refractivity contribution in [3.05, 3.63) is 48.0 Å². The zero-order valence-electron chi connectivity index (χ0n) is 18.9. The van der Waals surface area contributed by atoms with Crippen LogP contribution in [0.25, 0.3) is 5.65 Å². The van der Waals surface area contributed by atoms with Crippen LogP contribution < -0.4 is 14.8 Å². The van der Waals surface area contributed by atoms with Gasteiger partial charge in [0.15, 0.2) is 12.4 Å². The highest BCUT2D eigenvalue weighted by Crippen LogP contribution is 2.32. The molecule has 35 heavy (non-hydrogen) atoms. The zero-order valence-corrected chi connectivity index (χ0v) is 19.7. The van der Waals surface area contributed by atoms with Crippen molar-refractivity contribution in [1.29, 1.82) is 0 Å². The molecule has 1 aliphatic rings. The van der Waals surface area contributed by atoms with Crippen LogP contribution in [0.5, 0.6) is 17.4 Å². The number of hydrogen-bond donors (Lipinski definition) is 1. The summed E-state index contributed by atoms with van der Waals surface area (Å²) in [5.41, 5.74) is 0.446. The molecule has 1 amide bonds. The Kier molecular flexibility index (Phi) is 6.38. The number of aromatic nitrogens is 3. The highest BCUT2D eigenvalue weighted by Gasteiger charge is 2.35. The topological polar surface area (TPSA) is 112 Å². The van der Waals surface area contributed by atoms with E-state index in [0.29, 0.717) is 24.2 Å². The maximum Gasteiger partial charge on any atom is 0.422 e. The fraction of sp³-hybridized carbons (Fsp3) is 0.409. The third-order valence-corrected chi connectivity index (χ3v) is 7.40. The van der Waals surface area contributed by atoms with E-state index in [1.54, 1.807) is 30.4 Å². The van der Waals surface area contributed by atoms with Gasteiger partial charge in [-0.05, 0) is 51.0 Å². The highest BCUT2D eigenvalue weighted by atomic mass is 32.2. The van der Waals surface area contributed by atoms with Crippen LogP contribution in [-0.4, -0.2) is 58.5 Å². The van der Waals surface area contributed by atoms with E-state index in [2.05, 4.69) is 15.3 Å². The number of amides is 1. The summed E-state index contributed by atoms with van der Waals surface area (Å²) in [5.74, 6) is -0.449. The van der Waals surface area contributed by atoms with E-state index >= 15 is 0 Å². The van der Waals surface area contributed by atoms with Crippen LogP contribution in [-0.2, 0) is 9.84 Å². The third-order valence-electron chi connectivity index (χ3n) is 5.75. The van der Waals surface area contributed by atoms with E-state index in [0.717, 1.165) is 0 Å². The molecule has 0 radical (unpaired) electrons. The number of pyridine rings is 2. The van der Waals surface area contributed by atoms with Crippen molar-refractivity contribution in [2.75, 3.05) is 18.1 Å². The predicted octanol–water partition coefficient (Wildman–Crippen LogP) is 3.47. The molecule has 0 saturated carbocycles. The smallest absolute Gasteiger partial charge is 0.422 e. The quantitative estimate of drug-likeness (QED) is 0.538. The first kappa shape index (κ1) is 24.8. The van der Waals surface area contributed by atoms with E-state index in [4.69, 9.17) is 9.47 Å². The number of aryl methyl sites for hydroxylation is 1. The molecule has 1 aliphatic heterocycles. The van der Waals surface area contributed by atoms with Crippen LogP contribution in [0, 0.1) is 6.92 Å². The molecule has 0 aliphatic carbocycles. The Bertz CT molecular complexity index is 1360. The summed E-state index contributed by atoms with van der Waals surface area (Å²) in [5, 5.41) is 2.89. The standard InChI is InChI=1S/C22H23F3N4O5S/c1-14-16(34-20-17(4-3-9-26-20)33-13-22(23,24)25)5-6-18-27-15(12-29(14)18)19(30)28-21(2)7-10-35(31,32)11-8-21/h3-6,9,12H,7-8,10-11,13H2,1-2H3,(H,28,30).